The number of carbonyl (C=O) groups excluding carboxylic acids is 2. The highest BCUT2D eigenvalue weighted by atomic mass is 19.3. The van der Waals surface area contributed by atoms with Crippen LogP contribution >= 0.6 is 0 Å². The molecule has 0 bridgehead atoms. The van der Waals surface area contributed by atoms with Crippen LogP contribution in [-0.2, 0) is 33.6 Å². The summed E-state index contributed by atoms with van der Waals surface area (Å²) < 4.78 is 39.0. The Bertz CT molecular complexity index is 803. The largest absolute Gasteiger partial charge is 0.585 e. The Balaban J connectivity index is 1.29. The lowest BCUT2D eigenvalue weighted by atomic mass is 10.2. The zero-order chi connectivity index (χ0) is 23.1. The van der Waals surface area contributed by atoms with E-state index >= 15 is 0 Å². The van der Waals surface area contributed by atoms with Gasteiger partial charge in [0.25, 0.3) is 11.8 Å². The first-order valence-corrected chi connectivity index (χ1v) is 9.98. The molecule has 2 aliphatic heterocycles. The molecular weight excluding hydrogens is 432 g/mol. The molecule has 2 amide bonds. The Labute approximate surface area is 183 Å². The van der Waals surface area contributed by atoms with Crippen molar-refractivity contribution in [3.63, 3.8) is 0 Å². The molecule has 12 heteroatoms. The van der Waals surface area contributed by atoms with Gasteiger partial charge in [-0.2, -0.15) is 0 Å². The first-order valence-electron chi connectivity index (χ1n) is 9.98. The van der Waals surface area contributed by atoms with Gasteiger partial charge in [-0.15, -0.1) is 8.78 Å². The molecule has 0 radical (unpaired) electrons. The molecule has 2 fully saturated rings. The Morgan fingerprint density at radius 2 is 2.12 bits per heavy atom. The van der Waals surface area contributed by atoms with Crippen LogP contribution in [0.15, 0.2) is 48.8 Å². The van der Waals surface area contributed by atoms with E-state index in [0.717, 1.165) is 25.2 Å². The van der Waals surface area contributed by atoms with Crippen LogP contribution in [0.4, 0.5) is 8.78 Å². The smallest absolute Gasteiger partial charge is 0.484 e. The molecule has 0 aromatic heterocycles. The fourth-order valence-corrected chi connectivity index (χ4v) is 2.77. The first-order chi connectivity index (χ1) is 15.3. The molecule has 0 aromatic carbocycles. The van der Waals surface area contributed by atoms with Gasteiger partial charge in [-0.3, -0.25) is 14.9 Å². The van der Waals surface area contributed by atoms with Crippen molar-refractivity contribution in [3.8, 4) is 0 Å². The van der Waals surface area contributed by atoms with E-state index in [2.05, 4.69) is 38.6 Å². The molecular formula is C20H25F2N3O7. The summed E-state index contributed by atoms with van der Waals surface area (Å²) >= 11 is 0. The van der Waals surface area contributed by atoms with Gasteiger partial charge in [0, 0.05) is 37.2 Å². The molecule has 3 aliphatic rings. The average Bonchev–Trinajstić information content (AvgIpc) is 3.54. The molecule has 1 saturated carbocycles. The van der Waals surface area contributed by atoms with E-state index < -0.39 is 24.9 Å². The van der Waals surface area contributed by atoms with Crippen molar-refractivity contribution < 1.29 is 42.4 Å². The molecule has 1 aliphatic carbocycles. The van der Waals surface area contributed by atoms with Gasteiger partial charge in [-0.25, -0.2) is 9.78 Å². The first kappa shape index (κ1) is 23.7. The van der Waals surface area contributed by atoms with E-state index in [1.807, 2.05) is 0 Å². The Kier molecular flexibility index (Phi) is 7.83. The topological polar surface area (TPSA) is 116 Å². The normalized spacial score (nSPS) is 24.4. The van der Waals surface area contributed by atoms with Crippen molar-refractivity contribution in [3.05, 3.63) is 48.8 Å². The van der Waals surface area contributed by atoms with Crippen LogP contribution in [0.25, 0.3) is 0 Å². The average molecular weight is 457 g/mol. The summed E-state index contributed by atoms with van der Waals surface area (Å²) in [7, 11) is 0. The van der Waals surface area contributed by atoms with Crippen LogP contribution in [0.2, 0.25) is 0 Å². The van der Waals surface area contributed by atoms with Crippen molar-refractivity contribution in [2.45, 2.75) is 37.9 Å². The summed E-state index contributed by atoms with van der Waals surface area (Å²) in [6.45, 7) is 7.34. The predicted molar refractivity (Wildman–Crippen MR) is 105 cm³/mol. The van der Waals surface area contributed by atoms with Crippen LogP contribution in [-0.4, -0.2) is 50.1 Å². The van der Waals surface area contributed by atoms with Crippen molar-refractivity contribution in [2.24, 2.45) is 5.92 Å². The highest BCUT2D eigenvalue weighted by Crippen LogP contribution is 2.34. The van der Waals surface area contributed by atoms with Crippen LogP contribution in [0.3, 0.4) is 0 Å². The fourth-order valence-electron chi connectivity index (χ4n) is 2.77. The summed E-state index contributed by atoms with van der Waals surface area (Å²) in [4.78, 5) is 34.4. The van der Waals surface area contributed by atoms with Crippen LogP contribution in [0.1, 0.15) is 19.3 Å². The molecule has 2 atom stereocenters. The van der Waals surface area contributed by atoms with Gasteiger partial charge in [-0.05, 0) is 18.9 Å². The Morgan fingerprint density at radius 3 is 2.72 bits per heavy atom. The quantitative estimate of drug-likeness (QED) is 0.242. The maximum Gasteiger partial charge on any atom is 0.585 e. The van der Waals surface area contributed by atoms with Crippen molar-refractivity contribution in [1.82, 2.24) is 16.0 Å². The van der Waals surface area contributed by atoms with E-state index in [9.17, 15) is 18.4 Å². The molecule has 0 aromatic rings. The van der Waals surface area contributed by atoms with Crippen LogP contribution in [0.5, 0.6) is 0 Å². The number of ether oxygens (including phenoxy) is 3. The molecule has 10 nitrogen and oxygen atoms in total. The number of amides is 2. The predicted octanol–water partition coefficient (Wildman–Crippen LogP) is 1.30. The van der Waals surface area contributed by atoms with E-state index in [4.69, 9.17) is 14.5 Å². The number of nitrogens with one attached hydrogen (secondary N) is 3. The standard InChI is InChI=1S/C20H25F2N3O7/c1-3-14(8-15-10-29-20(21,22)30-15)28-11-17(26)25-12(2)6-7-23-18(27)16-9-24-19(32-31-16)13-4-5-13/h3,8,10,13,16,19,24H,1-2,4-7,9,11H2,(H,23,27)(H,25,26)/b14-8+. The number of hydrogen-bond donors (Lipinski definition) is 3. The maximum absolute atomic E-state index is 12.8. The SMILES string of the molecule is C=C/C(=C\C1=COC(F)(F)O1)OCC(=O)NC(=C)CCNC(=O)C1CNC(C2CC2)OO1. The third-order valence-corrected chi connectivity index (χ3v) is 4.57. The van der Waals surface area contributed by atoms with Gasteiger partial charge >= 0.3 is 6.29 Å². The minimum atomic E-state index is -3.74. The zero-order valence-electron chi connectivity index (χ0n) is 17.2. The summed E-state index contributed by atoms with van der Waals surface area (Å²) in [5.74, 6) is -0.682. The lowest BCUT2D eigenvalue weighted by Gasteiger charge is -2.28. The summed E-state index contributed by atoms with van der Waals surface area (Å²) in [6.07, 6.45) is 0.828. The number of carbonyl (C=O) groups is 2. The summed E-state index contributed by atoms with van der Waals surface area (Å²) in [6, 6.07) is 0. The Morgan fingerprint density at radius 1 is 1.34 bits per heavy atom. The van der Waals surface area contributed by atoms with Crippen LogP contribution < -0.4 is 16.0 Å². The number of rotatable bonds is 11. The fraction of sp³-hybridized carbons (Fsp3) is 0.500. The van der Waals surface area contributed by atoms with Crippen molar-refractivity contribution in [1.29, 1.82) is 0 Å². The second-order valence-electron chi connectivity index (χ2n) is 7.28. The van der Waals surface area contributed by atoms with Crippen molar-refractivity contribution in [2.75, 3.05) is 19.7 Å². The molecule has 1 saturated heterocycles. The number of hydrogen-bond acceptors (Lipinski definition) is 8. The van der Waals surface area contributed by atoms with Gasteiger partial charge in [-0.1, -0.05) is 13.2 Å². The summed E-state index contributed by atoms with van der Waals surface area (Å²) in [5.41, 5.74) is 0.352. The minimum absolute atomic E-state index is 0.0258. The lowest BCUT2D eigenvalue weighted by Crippen LogP contribution is -2.52. The van der Waals surface area contributed by atoms with Crippen molar-refractivity contribution >= 4 is 11.8 Å². The zero-order valence-corrected chi connectivity index (χ0v) is 17.2. The Hall–Kier alpha value is -2.96. The van der Waals surface area contributed by atoms with Crippen LogP contribution in [0, 0.1) is 5.92 Å². The number of allylic oxidation sites excluding steroid dienone is 2. The monoisotopic (exact) mass is 457 g/mol. The summed E-state index contributed by atoms with van der Waals surface area (Å²) in [5, 5.41) is 8.32. The van der Waals surface area contributed by atoms with Gasteiger partial charge in [0.15, 0.2) is 18.5 Å². The second-order valence-corrected chi connectivity index (χ2v) is 7.28. The van der Waals surface area contributed by atoms with E-state index in [0.29, 0.717) is 18.2 Å². The van der Waals surface area contributed by atoms with Gasteiger partial charge in [0.05, 0.1) is 0 Å². The third-order valence-electron chi connectivity index (χ3n) is 4.57. The van der Waals surface area contributed by atoms with Gasteiger partial charge in [0.2, 0.25) is 0 Å². The molecule has 0 spiro atoms. The highest BCUT2D eigenvalue weighted by molar-refractivity contribution is 5.81. The number of halogens is 2. The third kappa shape index (κ3) is 7.32. The maximum atomic E-state index is 12.8. The van der Waals surface area contributed by atoms with Gasteiger partial charge < -0.3 is 24.8 Å². The molecule has 2 unspecified atom stereocenters. The van der Waals surface area contributed by atoms with E-state index in [1.54, 1.807) is 0 Å². The lowest BCUT2D eigenvalue weighted by molar-refractivity contribution is -0.371. The second kappa shape index (κ2) is 10.6. The molecule has 2 heterocycles. The van der Waals surface area contributed by atoms with Gasteiger partial charge in [0.1, 0.15) is 18.2 Å². The molecule has 3 rings (SSSR count). The molecule has 176 valence electrons. The number of alkyl halides is 2. The highest BCUT2D eigenvalue weighted by Gasteiger charge is 2.40. The van der Waals surface area contributed by atoms with E-state index in [-0.39, 0.29) is 36.6 Å². The molecule has 3 N–H and O–H groups in total. The molecule has 32 heavy (non-hydrogen) atoms. The minimum Gasteiger partial charge on any atom is -0.484 e. The van der Waals surface area contributed by atoms with E-state index in [1.165, 1.54) is 6.08 Å².